The highest BCUT2D eigenvalue weighted by Gasteiger charge is 2.24. The van der Waals surface area contributed by atoms with Crippen molar-refractivity contribution >= 4 is 41.1 Å². The highest BCUT2D eigenvalue weighted by molar-refractivity contribution is 6.39. The lowest BCUT2D eigenvalue weighted by Gasteiger charge is -2.18. The van der Waals surface area contributed by atoms with Gasteiger partial charge in [0.25, 0.3) is 5.91 Å². The lowest BCUT2D eigenvalue weighted by atomic mass is 10.2. The van der Waals surface area contributed by atoms with Gasteiger partial charge in [-0.1, -0.05) is 29.3 Å². The van der Waals surface area contributed by atoms with E-state index in [4.69, 9.17) is 28.3 Å². The number of carboxylic acid groups (broad SMARTS) is 1. The molecule has 0 bridgehead atoms. The average Bonchev–Trinajstić information content (AvgIpc) is 2.42. The molecule has 0 aromatic heterocycles. The molecule has 0 aliphatic carbocycles. The maximum Gasteiger partial charge on any atom is 0.328 e. The Morgan fingerprint density at radius 1 is 1.23 bits per heavy atom. The molecule has 3 N–H and O–H groups in total. The summed E-state index contributed by atoms with van der Waals surface area (Å²) in [6.45, 7) is -0.278. The maximum absolute atomic E-state index is 12.1. The van der Waals surface area contributed by atoms with Gasteiger partial charge in [-0.3, -0.25) is 4.79 Å². The number of aliphatic carboxylic acids is 1. The Hall–Kier alpha value is -1.99. The van der Waals surface area contributed by atoms with Crippen molar-refractivity contribution < 1.29 is 19.5 Å². The first-order valence-corrected chi connectivity index (χ1v) is 6.92. The highest BCUT2D eigenvalue weighted by atomic mass is 35.5. The Balaban J connectivity index is 2.81. The minimum atomic E-state index is -1.32. The van der Waals surface area contributed by atoms with Crippen LogP contribution in [0.5, 0.6) is 0 Å². The van der Waals surface area contributed by atoms with E-state index in [2.05, 4.69) is 10.6 Å². The summed E-state index contributed by atoms with van der Waals surface area (Å²) >= 11 is 11.8. The molecule has 0 spiro atoms. The third-order valence-corrected chi connectivity index (χ3v) is 3.29. The smallest absolute Gasteiger partial charge is 0.328 e. The van der Waals surface area contributed by atoms with Gasteiger partial charge in [0.15, 0.2) is 0 Å². The van der Waals surface area contributed by atoms with Crippen molar-refractivity contribution in [2.45, 2.75) is 6.04 Å². The van der Waals surface area contributed by atoms with E-state index in [0.29, 0.717) is 0 Å². The SMILES string of the molecule is CN(C)C(=O)NCC(NC(=O)c1c(Cl)cccc1Cl)C(=O)O. The third-order valence-electron chi connectivity index (χ3n) is 2.66. The van der Waals surface area contributed by atoms with Crippen LogP contribution in [0.2, 0.25) is 10.0 Å². The van der Waals surface area contributed by atoms with E-state index in [9.17, 15) is 14.4 Å². The Morgan fingerprint density at radius 2 is 1.77 bits per heavy atom. The van der Waals surface area contributed by atoms with Gasteiger partial charge >= 0.3 is 12.0 Å². The summed E-state index contributed by atoms with van der Waals surface area (Å²) in [6, 6.07) is 2.70. The van der Waals surface area contributed by atoms with Gasteiger partial charge in [-0.2, -0.15) is 0 Å². The Labute approximate surface area is 137 Å². The van der Waals surface area contributed by atoms with Gasteiger partial charge in [-0.25, -0.2) is 9.59 Å². The van der Waals surface area contributed by atoms with Crippen LogP contribution < -0.4 is 10.6 Å². The number of halogens is 2. The summed E-state index contributed by atoms with van der Waals surface area (Å²) in [4.78, 5) is 35.9. The fourth-order valence-electron chi connectivity index (χ4n) is 1.49. The third kappa shape index (κ3) is 4.78. The monoisotopic (exact) mass is 347 g/mol. The van der Waals surface area contributed by atoms with Gasteiger partial charge in [0.2, 0.25) is 0 Å². The molecule has 0 heterocycles. The molecule has 0 aliphatic heterocycles. The molecule has 22 heavy (non-hydrogen) atoms. The van der Waals surface area contributed by atoms with Gasteiger partial charge in [0.05, 0.1) is 22.2 Å². The standard InChI is InChI=1S/C13H15Cl2N3O4/c1-18(2)13(22)16-6-9(12(20)21)17-11(19)10-7(14)4-3-5-8(10)15/h3-5,9H,6H2,1-2H3,(H,16,22)(H,17,19)(H,20,21). The van der Waals surface area contributed by atoms with Crippen molar-refractivity contribution in [2.24, 2.45) is 0 Å². The number of carbonyl (C=O) groups is 3. The molecule has 120 valence electrons. The van der Waals surface area contributed by atoms with Crippen molar-refractivity contribution in [3.63, 3.8) is 0 Å². The van der Waals surface area contributed by atoms with Crippen LogP contribution >= 0.6 is 23.2 Å². The molecule has 3 amide bonds. The van der Waals surface area contributed by atoms with Crippen LogP contribution in [-0.2, 0) is 4.79 Å². The Kier molecular flexibility index (Phi) is 6.45. The number of benzene rings is 1. The van der Waals surface area contributed by atoms with E-state index in [0.717, 1.165) is 0 Å². The molecule has 7 nitrogen and oxygen atoms in total. The predicted octanol–water partition coefficient (Wildman–Crippen LogP) is 1.45. The Bertz CT molecular complexity index is 572. The Morgan fingerprint density at radius 3 is 2.23 bits per heavy atom. The van der Waals surface area contributed by atoms with Crippen LogP contribution in [0, 0.1) is 0 Å². The number of amides is 3. The number of nitrogens with one attached hydrogen (secondary N) is 2. The van der Waals surface area contributed by atoms with Crippen LogP contribution in [0.3, 0.4) is 0 Å². The topological polar surface area (TPSA) is 98.7 Å². The van der Waals surface area contributed by atoms with Crippen molar-refractivity contribution in [2.75, 3.05) is 20.6 Å². The number of urea groups is 1. The van der Waals surface area contributed by atoms with Gasteiger partial charge in [-0.05, 0) is 12.1 Å². The second kappa shape index (κ2) is 7.86. The van der Waals surface area contributed by atoms with Crippen molar-refractivity contribution in [3.05, 3.63) is 33.8 Å². The quantitative estimate of drug-likeness (QED) is 0.750. The first kappa shape index (κ1) is 18.1. The number of carbonyl (C=O) groups excluding carboxylic acids is 2. The molecular weight excluding hydrogens is 333 g/mol. The summed E-state index contributed by atoms with van der Waals surface area (Å²) in [5.41, 5.74) is -0.0176. The highest BCUT2D eigenvalue weighted by Crippen LogP contribution is 2.24. The molecule has 1 rings (SSSR count). The van der Waals surface area contributed by atoms with Gasteiger partial charge in [0.1, 0.15) is 6.04 Å². The fourth-order valence-corrected chi connectivity index (χ4v) is 2.06. The predicted molar refractivity (Wildman–Crippen MR) is 82.4 cm³/mol. The zero-order valence-electron chi connectivity index (χ0n) is 11.9. The largest absolute Gasteiger partial charge is 0.480 e. The van der Waals surface area contributed by atoms with Crippen molar-refractivity contribution in [1.82, 2.24) is 15.5 Å². The van der Waals surface area contributed by atoms with Crippen molar-refractivity contribution in [3.8, 4) is 0 Å². The molecular formula is C13H15Cl2N3O4. The minimum Gasteiger partial charge on any atom is -0.480 e. The lowest BCUT2D eigenvalue weighted by molar-refractivity contribution is -0.139. The van der Waals surface area contributed by atoms with Crippen molar-refractivity contribution in [1.29, 1.82) is 0 Å². The van der Waals surface area contributed by atoms with E-state index in [1.165, 1.54) is 31.1 Å². The summed E-state index contributed by atoms with van der Waals surface area (Å²) in [5, 5.41) is 14.0. The molecule has 0 saturated carbocycles. The average molecular weight is 348 g/mol. The molecule has 0 radical (unpaired) electrons. The van der Waals surface area contributed by atoms with Crippen LogP contribution in [0.4, 0.5) is 4.79 Å². The number of carboxylic acids is 1. The summed E-state index contributed by atoms with van der Waals surface area (Å²) < 4.78 is 0. The summed E-state index contributed by atoms with van der Waals surface area (Å²) in [5.74, 6) is -2.03. The van der Waals surface area contributed by atoms with Crippen LogP contribution in [0.1, 0.15) is 10.4 Å². The molecule has 0 saturated heterocycles. The number of hydrogen-bond donors (Lipinski definition) is 3. The zero-order valence-corrected chi connectivity index (χ0v) is 13.4. The molecule has 0 fully saturated rings. The molecule has 9 heteroatoms. The van der Waals surface area contributed by atoms with Gasteiger partial charge < -0.3 is 20.6 Å². The fraction of sp³-hybridized carbons (Fsp3) is 0.308. The number of rotatable bonds is 5. The normalized spacial score (nSPS) is 11.5. The number of hydrogen-bond acceptors (Lipinski definition) is 3. The second-order valence-electron chi connectivity index (χ2n) is 4.54. The van der Waals surface area contributed by atoms with Gasteiger partial charge in [0, 0.05) is 14.1 Å². The lowest BCUT2D eigenvalue weighted by Crippen LogP contribution is -2.50. The van der Waals surface area contributed by atoms with Crippen LogP contribution in [-0.4, -0.2) is 54.6 Å². The zero-order chi connectivity index (χ0) is 16.9. The molecule has 1 atom stereocenters. The van der Waals surface area contributed by atoms with E-state index < -0.39 is 23.9 Å². The van der Waals surface area contributed by atoms with E-state index in [1.54, 1.807) is 6.07 Å². The molecule has 0 aliphatic rings. The van der Waals surface area contributed by atoms with Crippen LogP contribution in [0.15, 0.2) is 18.2 Å². The van der Waals surface area contributed by atoms with E-state index in [-0.39, 0.29) is 22.2 Å². The first-order valence-electron chi connectivity index (χ1n) is 6.17. The first-order chi connectivity index (χ1) is 10.2. The molecule has 1 aromatic rings. The minimum absolute atomic E-state index is 0.0176. The second-order valence-corrected chi connectivity index (χ2v) is 5.36. The van der Waals surface area contributed by atoms with E-state index >= 15 is 0 Å². The molecule has 1 aromatic carbocycles. The summed E-state index contributed by atoms with van der Waals surface area (Å²) in [7, 11) is 3.01. The summed E-state index contributed by atoms with van der Waals surface area (Å²) in [6.07, 6.45) is 0. The number of nitrogens with zero attached hydrogens (tertiary/aromatic N) is 1. The van der Waals surface area contributed by atoms with Crippen LogP contribution in [0.25, 0.3) is 0 Å². The maximum atomic E-state index is 12.1. The van der Waals surface area contributed by atoms with Gasteiger partial charge in [-0.15, -0.1) is 0 Å². The van der Waals surface area contributed by atoms with E-state index in [1.807, 2.05) is 0 Å². The molecule has 1 unspecified atom stereocenters.